The Morgan fingerprint density at radius 1 is 0.606 bits per heavy atom. The fraction of sp³-hybridized carbons (Fsp3) is 0.636. The molecule has 0 spiro atoms. The van der Waals surface area contributed by atoms with Crippen LogP contribution in [-0.2, 0) is 24.7 Å². The molecule has 0 aliphatic rings. The third-order valence-electron chi connectivity index (χ3n) is 7.69. The van der Waals surface area contributed by atoms with E-state index in [1.54, 1.807) is 27.8 Å². The van der Waals surface area contributed by atoms with E-state index in [4.69, 9.17) is 0 Å². The van der Waals surface area contributed by atoms with E-state index in [2.05, 4.69) is 84.0 Å². The van der Waals surface area contributed by atoms with Gasteiger partial charge in [-0.1, -0.05) is 129 Å². The minimum absolute atomic E-state index is 0.234. The fourth-order valence-corrected chi connectivity index (χ4v) is 6.49. The van der Waals surface area contributed by atoms with Crippen molar-refractivity contribution in [3.63, 3.8) is 0 Å². The van der Waals surface area contributed by atoms with Gasteiger partial charge in [0.05, 0.1) is 0 Å². The smallest absolute Gasteiger partial charge is 0.00242 e. The molecule has 0 aliphatic heterocycles. The zero-order valence-electron chi connectivity index (χ0n) is 22.8. The van der Waals surface area contributed by atoms with Crippen LogP contribution >= 0.6 is 0 Å². The van der Waals surface area contributed by atoms with Crippen molar-refractivity contribution in [2.45, 2.75) is 136 Å². The first-order chi connectivity index (χ1) is 16.1. The van der Waals surface area contributed by atoms with Crippen LogP contribution in [-0.4, -0.2) is 0 Å². The summed E-state index contributed by atoms with van der Waals surface area (Å²) in [5.41, 5.74) is 8.56. The summed E-state index contributed by atoms with van der Waals surface area (Å²) < 4.78 is 0. The molecule has 184 valence electrons. The van der Waals surface area contributed by atoms with E-state index >= 15 is 0 Å². The summed E-state index contributed by atoms with van der Waals surface area (Å²) in [4.78, 5) is 0. The highest BCUT2D eigenvalue weighted by Crippen LogP contribution is 2.50. The van der Waals surface area contributed by atoms with Gasteiger partial charge in [0.25, 0.3) is 0 Å². The SMILES string of the molecule is CCCCC(c1ccccc1)C(CCC)(CCC)c1ccc(CCC)c(CCC)c1CCC. The molecular weight excluding hydrogens is 396 g/mol. The maximum atomic E-state index is 2.60. The predicted molar refractivity (Wildman–Crippen MR) is 149 cm³/mol. The van der Waals surface area contributed by atoms with Crippen molar-refractivity contribution in [2.75, 3.05) is 0 Å². The Labute approximate surface area is 206 Å². The van der Waals surface area contributed by atoms with Crippen molar-refractivity contribution in [1.29, 1.82) is 0 Å². The van der Waals surface area contributed by atoms with Crippen LogP contribution in [0, 0.1) is 0 Å². The number of hydrogen-bond donors (Lipinski definition) is 0. The first-order valence-electron chi connectivity index (χ1n) is 14.3. The third kappa shape index (κ3) is 6.74. The van der Waals surface area contributed by atoms with Crippen LogP contribution in [0.4, 0.5) is 0 Å². The molecule has 0 N–H and O–H groups in total. The van der Waals surface area contributed by atoms with Crippen LogP contribution in [0.15, 0.2) is 42.5 Å². The molecule has 0 fully saturated rings. The number of rotatable bonds is 16. The zero-order chi connectivity index (χ0) is 24.1. The lowest BCUT2D eigenvalue weighted by Crippen LogP contribution is -2.36. The summed E-state index contributed by atoms with van der Waals surface area (Å²) in [6.45, 7) is 14.2. The van der Waals surface area contributed by atoms with Crippen LogP contribution in [0.25, 0.3) is 0 Å². The molecule has 2 aromatic rings. The van der Waals surface area contributed by atoms with E-state index < -0.39 is 0 Å². The molecule has 0 heterocycles. The number of aryl methyl sites for hydroxylation is 1. The Bertz CT molecular complexity index is 779. The van der Waals surface area contributed by atoms with E-state index in [0.29, 0.717) is 5.92 Å². The lowest BCUT2D eigenvalue weighted by atomic mass is 9.59. The molecule has 0 saturated carbocycles. The summed E-state index contributed by atoms with van der Waals surface area (Å²) in [6.07, 6.45) is 16.4. The van der Waals surface area contributed by atoms with Gasteiger partial charge in [-0.25, -0.2) is 0 Å². The number of hydrogen-bond acceptors (Lipinski definition) is 0. The van der Waals surface area contributed by atoms with Gasteiger partial charge in [-0.2, -0.15) is 0 Å². The van der Waals surface area contributed by atoms with Gasteiger partial charge in [0, 0.05) is 5.41 Å². The fourth-order valence-electron chi connectivity index (χ4n) is 6.49. The summed E-state index contributed by atoms with van der Waals surface area (Å²) in [5.74, 6) is 0.598. The molecule has 0 saturated heterocycles. The molecular formula is C33H52. The van der Waals surface area contributed by atoms with Crippen molar-refractivity contribution < 1.29 is 0 Å². The van der Waals surface area contributed by atoms with E-state index in [-0.39, 0.29) is 5.41 Å². The molecule has 0 heteroatoms. The van der Waals surface area contributed by atoms with Crippen molar-refractivity contribution >= 4 is 0 Å². The van der Waals surface area contributed by atoms with Crippen molar-refractivity contribution in [1.82, 2.24) is 0 Å². The van der Waals surface area contributed by atoms with Crippen LogP contribution in [0.3, 0.4) is 0 Å². The second-order valence-electron chi connectivity index (χ2n) is 10.2. The standard InChI is InChI=1S/C33H52/c1-7-13-22-31(28-20-15-14-16-21-28)33(25-11-5,26-12-6)32-24-23-27(17-8-2)29(18-9-3)30(32)19-10-4/h14-16,20-21,23-24,31H,7-13,17-19,22,25-26H2,1-6H3. The van der Waals surface area contributed by atoms with Crippen molar-refractivity contribution in [3.8, 4) is 0 Å². The van der Waals surface area contributed by atoms with Crippen molar-refractivity contribution in [2.24, 2.45) is 0 Å². The highest BCUT2D eigenvalue weighted by molar-refractivity contribution is 5.47. The highest BCUT2D eigenvalue weighted by atomic mass is 14.4. The minimum atomic E-state index is 0.234. The van der Waals surface area contributed by atoms with Gasteiger partial charge in [0.1, 0.15) is 0 Å². The Morgan fingerprint density at radius 3 is 1.76 bits per heavy atom. The van der Waals surface area contributed by atoms with Gasteiger partial charge in [0.2, 0.25) is 0 Å². The predicted octanol–water partition coefficient (Wildman–Crippen LogP) is 10.4. The summed E-state index contributed by atoms with van der Waals surface area (Å²) in [7, 11) is 0. The number of unbranched alkanes of at least 4 members (excludes halogenated alkanes) is 1. The zero-order valence-corrected chi connectivity index (χ0v) is 22.8. The molecule has 1 unspecified atom stereocenters. The first kappa shape index (κ1) is 27.7. The second-order valence-corrected chi connectivity index (χ2v) is 10.2. The largest absolute Gasteiger partial charge is 0.0654 e. The number of benzene rings is 2. The molecule has 0 radical (unpaired) electrons. The van der Waals surface area contributed by atoms with Crippen LogP contribution < -0.4 is 0 Å². The Balaban J connectivity index is 2.84. The van der Waals surface area contributed by atoms with Crippen LogP contribution in [0.2, 0.25) is 0 Å². The quantitative estimate of drug-likeness (QED) is 0.239. The Kier molecular flexibility index (Phi) is 12.3. The average Bonchev–Trinajstić information content (AvgIpc) is 2.82. The maximum Gasteiger partial charge on any atom is 0.00242 e. The van der Waals surface area contributed by atoms with E-state index in [1.165, 1.54) is 83.5 Å². The average molecular weight is 449 g/mol. The molecule has 0 nitrogen and oxygen atoms in total. The molecule has 0 bridgehead atoms. The maximum absolute atomic E-state index is 2.60. The second kappa shape index (κ2) is 14.6. The molecule has 1 atom stereocenters. The van der Waals surface area contributed by atoms with Gasteiger partial charge in [0.15, 0.2) is 0 Å². The van der Waals surface area contributed by atoms with Gasteiger partial charge in [-0.3, -0.25) is 0 Å². The third-order valence-corrected chi connectivity index (χ3v) is 7.69. The van der Waals surface area contributed by atoms with Gasteiger partial charge >= 0.3 is 0 Å². The molecule has 2 rings (SSSR count). The van der Waals surface area contributed by atoms with Gasteiger partial charge < -0.3 is 0 Å². The summed E-state index contributed by atoms with van der Waals surface area (Å²) in [5, 5.41) is 0. The van der Waals surface area contributed by atoms with Crippen molar-refractivity contribution in [3.05, 3.63) is 70.3 Å². The van der Waals surface area contributed by atoms with E-state index in [9.17, 15) is 0 Å². The molecule has 33 heavy (non-hydrogen) atoms. The van der Waals surface area contributed by atoms with E-state index in [1.807, 2.05) is 0 Å². The molecule has 0 aliphatic carbocycles. The lowest BCUT2D eigenvalue weighted by Gasteiger charge is -2.44. The summed E-state index contributed by atoms with van der Waals surface area (Å²) >= 11 is 0. The lowest BCUT2D eigenvalue weighted by molar-refractivity contribution is 0.270. The molecule has 0 aromatic heterocycles. The van der Waals surface area contributed by atoms with E-state index in [0.717, 1.165) is 0 Å². The monoisotopic (exact) mass is 448 g/mol. The van der Waals surface area contributed by atoms with Gasteiger partial charge in [-0.05, 0) is 72.3 Å². The minimum Gasteiger partial charge on any atom is -0.0654 e. The Hall–Kier alpha value is -1.56. The summed E-state index contributed by atoms with van der Waals surface area (Å²) in [6, 6.07) is 16.7. The van der Waals surface area contributed by atoms with Crippen LogP contribution in [0.1, 0.15) is 139 Å². The van der Waals surface area contributed by atoms with Gasteiger partial charge in [-0.15, -0.1) is 0 Å². The normalized spacial score (nSPS) is 12.8. The highest BCUT2D eigenvalue weighted by Gasteiger charge is 2.41. The first-order valence-corrected chi connectivity index (χ1v) is 14.3. The molecule has 2 aromatic carbocycles. The topological polar surface area (TPSA) is 0 Å². The van der Waals surface area contributed by atoms with Crippen LogP contribution in [0.5, 0.6) is 0 Å². The Morgan fingerprint density at radius 2 is 1.21 bits per heavy atom. The molecule has 0 amide bonds.